The van der Waals surface area contributed by atoms with Crippen LogP contribution in [0.15, 0.2) is 24.3 Å². The maximum absolute atomic E-state index is 12.8. The summed E-state index contributed by atoms with van der Waals surface area (Å²) in [6.45, 7) is 8.53. The predicted molar refractivity (Wildman–Crippen MR) is 120 cm³/mol. The van der Waals surface area contributed by atoms with Crippen molar-refractivity contribution in [1.29, 1.82) is 0 Å². The van der Waals surface area contributed by atoms with E-state index >= 15 is 0 Å². The topological polar surface area (TPSA) is 23.6 Å². The van der Waals surface area contributed by atoms with E-state index in [1.54, 1.807) is 11.3 Å². The maximum Gasteiger partial charge on any atom is 1.00 e. The van der Waals surface area contributed by atoms with E-state index in [0.29, 0.717) is 5.92 Å². The molecule has 2 aromatic rings. The monoisotopic (exact) mass is 530 g/mol. The second-order valence-electron chi connectivity index (χ2n) is 8.27. The summed E-state index contributed by atoms with van der Waals surface area (Å²) in [5.74, 6) is 0.911. The number of carbonyl (C=O) groups excluding carboxylic acids is 1. The molecule has 4 rings (SSSR count). The van der Waals surface area contributed by atoms with Crippen molar-refractivity contribution >= 4 is 17.2 Å². The Balaban J connectivity index is 0.00000150. The molecule has 0 spiro atoms. The first-order valence-electron chi connectivity index (χ1n) is 10.2. The molecule has 1 aromatic carbocycles. The smallest absolute Gasteiger partial charge is 0.358 e. The Bertz CT molecular complexity index is 833. The molecule has 0 unspecified atom stereocenters. The maximum atomic E-state index is 12.8. The summed E-state index contributed by atoms with van der Waals surface area (Å²) in [4.78, 5) is 19.4. The zero-order valence-electron chi connectivity index (χ0n) is 18.8. The number of likely N-dealkylation sites (tertiary alicyclic amines) is 2. The fraction of sp³-hybridized carbons (Fsp3) is 0.500. The molecule has 2 saturated heterocycles. The van der Waals surface area contributed by atoms with Crippen molar-refractivity contribution in [3.05, 3.63) is 53.3 Å². The van der Waals surface area contributed by atoms with Crippen molar-refractivity contribution in [2.75, 3.05) is 33.2 Å². The van der Waals surface area contributed by atoms with Gasteiger partial charge in [0, 0.05) is 18.0 Å². The number of aryl methyl sites for hydroxylation is 2. The molecule has 0 aliphatic carbocycles. The molecule has 0 saturated carbocycles. The molecule has 2 aliphatic heterocycles. The van der Waals surface area contributed by atoms with Crippen molar-refractivity contribution in [3.63, 3.8) is 0 Å². The Morgan fingerprint density at radius 3 is 2.28 bits per heavy atom. The van der Waals surface area contributed by atoms with Crippen molar-refractivity contribution in [3.8, 4) is 10.4 Å². The number of thiophene rings is 1. The van der Waals surface area contributed by atoms with Gasteiger partial charge in [0.2, 0.25) is 0 Å². The van der Waals surface area contributed by atoms with Crippen LogP contribution in [0.5, 0.6) is 0 Å². The van der Waals surface area contributed by atoms with Gasteiger partial charge >= 0.3 is 68.9 Å². The minimum atomic E-state index is 0. The summed E-state index contributed by atoms with van der Waals surface area (Å²) < 4.78 is 0. The Labute approximate surface area is 239 Å². The van der Waals surface area contributed by atoms with Crippen LogP contribution in [0.4, 0.5) is 0 Å². The van der Waals surface area contributed by atoms with Gasteiger partial charge in [0.15, 0.2) is 0 Å². The van der Waals surface area contributed by atoms with Crippen LogP contribution in [0.3, 0.4) is 0 Å². The van der Waals surface area contributed by atoms with Gasteiger partial charge in [-0.05, 0) is 93.9 Å². The fourth-order valence-corrected chi connectivity index (χ4v) is 5.64. The molecule has 1 amide bonds. The molecule has 0 radical (unpaired) electrons. The molecule has 29 heavy (non-hydrogen) atoms. The molecule has 1 aromatic heterocycles. The third kappa shape index (κ3) is 5.80. The summed E-state index contributed by atoms with van der Waals surface area (Å²) in [6.07, 6.45) is 4.79. The first-order valence-corrected chi connectivity index (χ1v) is 11.0. The number of nitrogens with zero attached hydrogens (tertiary/aromatic N) is 2. The summed E-state index contributed by atoms with van der Waals surface area (Å²) in [6, 6.07) is 9.11. The molecule has 2 aliphatic rings. The van der Waals surface area contributed by atoms with E-state index in [-0.39, 0.29) is 82.2 Å². The fourth-order valence-electron chi connectivity index (χ4n) is 4.51. The van der Waals surface area contributed by atoms with Gasteiger partial charge in [-0.15, -0.1) is 11.3 Å². The summed E-state index contributed by atoms with van der Waals surface area (Å²) in [7, 11) is 2.21. The normalized spacial score (nSPS) is 17.7. The summed E-state index contributed by atoms with van der Waals surface area (Å²) >= 11 is 1.66. The minimum Gasteiger partial charge on any atom is -0.358 e. The second kappa shape index (κ2) is 11.3. The molecule has 152 valence electrons. The Hall–Kier alpha value is 0.402. The minimum absolute atomic E-state index is 0. The van der Waals surface area contributed by atoms with Crippen LogP contribution in [0.1, 0.15) is 58.0 Å². The van der Waals surface area contributed by atoms with Crippen LogP contribution in [-0.4, -0.2) is 48.9 Å². The number of benzene rings is 1. The Kier molecular flexibility index (Phi) is 10.0. The molecule has 0 N–H and O–H groups in total. The average Bonchev–Trinajstić information content (AvgIpc) is 3.32. The molecular formula is C24H33CsN2OS. The number of hydrogen-bond acceptors (Lipinski definition) is 3. The number of amides is 1. The summed E-state index contributed by atoms with van der Waals surface area (Å²) in [5, 5.41) is 0. The molecule has 2 fully saturated rings. The zero-order valence-corrected chi connectivity index (χ0v) is 25.9. The van der Waals surface area contributed by atoms with Gasteiger partial charge in [0.05, 0.1) is 4.88 Å². The van der Waals surface area contributed by atoms with Crippen LogP contribution < -0.4 is 68.9 Å². The quantitative estimate of drug-likeness (QED) is 0.570. The Morgan fingerprint density at radius 1 is 1.00 bits per heavy atom. The molecular weight excluding hydrogens is 497 g/mol. The third-order valence-electron chi connectivity index (χ3n) is 6.22. The van der Waals surface area contributed by atoms with Gasteiger partial charge in [0.25, 0.3) is 5.91 Å². The van der Waals surface area contributed by atoms with Crippen LogP contribution >= 0.6 is 11.3 Å². The van der Waals surface area contributed by atoms with Crippen molar-refractivity contribution in [1.82, 2.24) is 9.80 Å². The van der Waals surface area contributed by atoms with E-state index in [1.165, 1.54) is 47.5 Å². The number of hydrogen-bond donors (Lipinski definition) is 0. The van der Waals surface area contributed by atoms with Gasteiger partial charge < -0.3 is 17.2 Å². The van der Waals surface area contributed by atoms with Gasteiger partial charge in [-0.1, -0.05) is 18.2 Å². The van der Waals surface area contributed by atoms with E-state index in [0.717, 1.165) is 36.4 Å². The first-order chi connectivity index (χ1) is 13.0. The van der Waals surface area contributed by atoms with E-state index in [9.17, 15) is 4.79 Å². The number of piperidine rings is 1. The van der Waals surface area contributed by atoms with E-state index in [4.69, 9.17) is 0 Å². The molecule has 3 heterocycles. The first kappa shape index (κ1) is 25.7. The second-order valence-corrected chi connectivity index (χ2v) is 9.32. The summed E-state index contributed by atoms with van der Waals surface area (Å²) in [5.41, 5.74) is 5.26. The predicted octanol–water partition coefficient (Wildman–Crippen LogP) is 2.53. The van der Waals surface area contributed by atoms with Gasteiger partial charge in [-0.3, -0.25) is 4.79 Å². The van der Waals surface area contributed by atoms with Gasteiger partial charge in [0.1, 0.15) is 0 Å². The molecule has 0 bridgehead atoms. The van der Waals surface area contributed by atoms with Crippen molar-refractivity contribution < 1.29 is 73.7 Å². The standard InChI is InChI=1S/C23H30N2OS.CH3.Cs/c1-16-14-19(6-7-20(16)18-8-12-24(3)13-9-18)21-15-17(2)22(27-21)23(26)25-10-4-5-11-25;;/h6-7,14-15,18H,4-5,8-13H2,1-3H3;1H3;/q;-1;+1. The van der Waals surface area contributed by atoms with Crippen LogP contribution in [0.25, 0.3) is 10.4 Å². The zero-order chi connectivity index (χ0) is 19.0. The largest absolute Gasteiger partial charge is 1.00 e. The third-order valence-corrected chi connectivity index (χ3v) is 7.49. The van der Waals surface area contributed by atoms with Gasteiger partial charge in [-0.25, -0.2) is 0 Å². The van der Waals surface area contributed by atoms with E-state index < -0.39 is 0 Å². The van der Waals surface area contributed by atoms with Crippen LogP contribution in [-0.2, 0) is 0 Å². The SMILES string of the molecule is Cc1cc(-c2cc(C)c(C(=O)N3CCCC3)s2)ccc1C1CCN(C)CC1.[CH3-].[Cs+]. The van der Waals surface area contributed by atoms with Gasteiger partial charge in [-0.2, -0.15) is 0 Å². The van der Waals surface area contributed by atoms with Crippen molar-refractivity contribution in [2.45, 2.75) is 45.4 Å². The van der Waals surface area contributed by atoms with E-state index in [2.05, 4.69) is 50.1 Å². The van der Waals surface area contributed by atoms with Crippen molar-refractivity contribution in [2.24, 2.45) is 0 Å². The molecule has 0 atom stereocenters. The molecule has 3 nitrogen and oxygen atoms in total. The molecule has 5 heteroatoms. The number of rotatable bonds is 3. The number of carbonyl (C=O) groups is 1. The van der Waals surface area contributed by atoms with E-state index in [1.807, 2.05) is 4.90 Å². The van der Waals surface area contributed by atoms with Crippen LogP contribution in [0, 0.1) is 21.3 Å². The average molecular weight is 531 g/mol. The van der Waals surface area contributed by atoms with Crippen LogP contribution in [0.2, 0.25) is 0 Å². The Morgan fingerprint density at radius 2 is 1.66 bits per heavy atom.